The summed E-state index contributed by atoms with van der Waals surface area (Å²) in [5.74, 6) is 0. The lowest BCUT2D eigenvalue weighted by Crippen LogP contribution is -2.24. The van der Waals surface area contributed by atoms with Crippen LogP contribution in [0.5, 0.6) is 0 Å². The highest BCUT2D eigenvalue weighted by Crippen LogP contribution is 2.31. The van der Waals surface area contributed by atoms with E-state index in [1.165, 1.54) is 12.1 Å². The van der Waals surface area contributed by atoms with Gasteiger partial charge in [-0.15, -0.1) is 0 Å². The van der Waals surface area contributed by atoms with Crippen LogP contribution < -0.4 is 11.2 Å². The minimum Gasteiger partial charge on any atom is -0.350 e. The number of halogens is 2. The number of hydrogen-bond acceptors (Lipinski definition) is 4. The summed E-state index contributed by atoms with van der Waals surface area (Å²) in [5.41, 5.74) is 6.50. The molecule has 0 fully saturated rings. The summed E-state index contributed by atoms with van der Waals surface area (Å²) in [6, 6.07) is 1.60. The van der Waals surface area contributed by atoms with Crippen LogP contribution in [-0.2, 0) is 0 Å². The molecule has 1 aromatic rings. The fourth-order valence-electron chi connectivity index (χ4n) is 0.978. The van der Waals surface area contributed by atoms with Gasteiger partial charge in [-0.3, -0.25) is 10.1 Å². The lowest BCUT2D eigenvalue weighted by atomic mass is 10.2. The van der Waals surface area contributed by atoms with Crippen LogP contribution >= 0.6 is 23.2 Å². The number of nitro benzene ring substituents is 1. The van der Waals surface area contributed by atoms with Gasteiger partial charge in [0.2, 0.25) is 0 Å². The zero-order chi connectivity index (χ0) is 13.0. The van der Waals surface area contributed by atoms with Crippen molar-refractivity contribution in [2.75, 3.05) is 0 Å². The Morgan fingerprint density at radius 1 is 1.53 bits per heavy atom. The molecule has 7 nitrogen and oxygen atoms in total. The Hall–Kier alpha value is -1.86. The van der Waals surface area contributed by atoms with E-state index in [4.69, 9.17) is 28.9 Å². The number of primary amides is 1. The first kappa shape index (κ1) is 13.2. The van der Waals surface area contributed by atoms with E-state index in [9.17, 15) is 14.9 Å². The Bertz CT molecular complexity index is 504. The summed E-state index contributed by atoms with van der Waals surface area (Å²) < 4.78 is 0. The molecule has 0 radical (unpaired) electrons. The molecule has 0 aromatic heterocycles. The average Bonchev–Trinajstić information content (AvgIpc) is 2.21. The minimum absolute atomic E-state index is 0.122. The molecule has 17 heavy (non-hydrogen) atoms. The van der Waals surface area contributed by atoms with Crippen molar-refractivity contribution < 1.29 is 9.72 Å². The van der Waals surface area contributed by atoms with Gasteiger partial charge in [0.05, 0.1) is 16.2 Å². The molecule has 0 unspecified atom stereocenters. The Kier molecular flexibility index (Phi) is 4.24. The Balaban J connectivity index is 3.14. The Morgan fingerprint density at radius 2 is 2.18 bits per heavy atom. The third kappa shape index (κ3) is 3.30. The molecule has 0 bridgehead atoms. The molecular formula is C8H6Cl2N4O3. The highest BCUT2D eigenvalue weighted by Gasteiger charge is 2.17. The van der Waals surface area contributed by atoms with Crippen LogP contribution in [0.3, 0.4) is 0 Å². The molecule has 9 heteroatoms. The fourth-order valence-corrected chi connectivity index (χ4v) is 1.51. The van der Waals surface area contributed by atoms with Gasteiger partial charge in [0.25, 0.3) is 5.69 Å². The third-order valence-electron chi connectivity index (χ3n) is 1.67. The van der Waals surface area contributed by atoms with Crippen molar-refractivity contribution in [2.24, 2.45) is 10.8 Å². The van der Waals surface area contributed by atoms with E-state index in [0.29, 0.717) is 0 Å². The number of hydrogen-bond donors (Lipinski definition) is 2. The van der Waals surface area contributed by atoms with Gasteiger partial charge in [-0.1, -0.05) is 23.2 Å². The van der Waals surface area contributed by atoms with Gasteiger partial charge in [-0.25, -0.2) is 10.2 Å². The van der Waals surface area contributed by atoms with Crippen molar-refractivity contribution in [3.63, 3.8) is 0 Å². The van der Waals surface area contributed by atoms with E-state index < -0.39 is 11.0 Å². The van der Waals surface area contributed by atoms with Gasteiger partial charge in [0.1, 0.15) is 5.02 Å². The van der Waals surface area contributed by atoms with Crippen molar-refractivity contribution in [3.05, 3.63) is 37.9 Å². The quantitative estimate of drug-likeness (QED) is 0.500. The number of rotatable bonds is 3. The molecule has 0 atom stereocenters. The van der Waals surface area contributed by atoms with Crippen LogP contribution in [0.15, 0.2) is 17.2 Å². The highest BCUT2D eigenvalue weighted by molar-refractivity contribution is 6.40. The smallest absolute Gasteiger partial charge is 0.332 e. The zero-order valence-electron chi connectivity index (χ0n) is 8.18. The number of carbonyl (C=O) groups excluding carboxylic acids is 1. The maximum atomic E-state index is 10.6. The van der Waals surface area contributed by atoms with Crippen molar-refractivity contribution in [2.45, 2.75) is 0 Å². The molecule has 0 saturated carbocycles. The molecule has 3 N–H and O–H groups in total. The average molecular weight is 277 g/mol. The number of nitrogens with two attached hydrogens (primary N) is 1. The van der Waals surface area contributed by atoms with Gasteiger partial charge in [0, 0.05) is 11.6 Å². The second-order valence-corrected chi connectivity index (χ2v) is 3.57. The first-order valence-electron chi connectivity index (χ1n) is 4.14. The largest absolute Gasteiger partial charge is 0.350 e. The van der Waals surface area contributed by atoms with Crippen LogP contribution in [-0.4, -0.2) is 17.2 Å². The molecule has 1 aromatic carbocycles. The zero-order valence-corrected chi connectivity index (χ0v) is 9.70. The van der Waals surface area contributed by atoms with Crippen LogP contribution in [0.4, 0.5) is 10.5 Å². The second-order valence-electron chi connectivity index (χ2n) is 2.79. The number of carbonyl (C=O) groups is 1. The summed E-state index contributed by atoms with van der Waals surface area (Å²) in [6.45, 7) is 0. The molecule has 1 rings (SSSR count). The lowest BCUT2D eigenvalue weighted by Gasteiger charge is -2.01. The van der Waals surface area contributed by atoms with Gasteiger partial charge in [-0.2, -0.15) is 5.10 Å². The molecule has 0 aliphatic heterocycles. The number of nitrogens with one attached hydrogen (secondary N) is 1. The van der Waals surface area contributed by atoms with Crippen molar-refractivity contribution in [1.82, 2.24) is 5.43 Å². The summed E-state index contributed by atoms with van der Waals surface area (Å²) in [7, 11) is 0. The van der Waals surface area contributed by atoms with Crippen molar-refractivity contribution >= 4 is 41.1 Å². The molecule has 0 aliphatic rings. The summed E-state index contributed by atoms with van der Waals surface area (Å²) in [5, 5.41) is 14.0. The van der Waals surface area contributed by atoms with E-state index in [2.05, 4.69) is 5.10 Å². The number of amides is 2. The van der Waals surface area contributed by atoms with Crippen LogP contribution in [0.2, 0.25) is 10.0 Å². The molecule has 0 heterocycles. The summed E-state index contributed by atoms with van der Waals surface area (Å²) >= 11 is 11.5. The summed E-state index contributed by atoms with van der Waals surface area (Å²) in [4.78, 5) is 20.3. The van der Waals surface area contributed by atoms with Crippen LogP contribution in [0.1, 0.15) is 5.56 Å². The number of hydrazone groups is 1. The van der Waals surface area contributed by atoms with Crippen LogP contribution in [0, 0.1) is 10.1 Å². The topological polar surface area (TPSA) is 111 Å². The van der Waals surface area contributed by atoms with Crippen LogP contribution in [0.25, 0.3) is 0 Å². The normalized spacial score (nSPS) is 10.5. The SMILES string of the molecule is NC(=O)NN=Cc1c(Cl)ccc([N+](=O)[O-])c1Cl. The van der Waals surface area contributed by atoms with Gasteiger partial charge >= 0.3 is 6.03 Å². The summed E-state index contributed by atoms with van der Waals surface area (Å²) in [6.07, 6.45) is 1.07. The van der Waals surface area contributed by atoms with Crippen molar-refractivity contribution in [3.8, 4) is 0 Å². The lowest BCUT2D eigenvalue weighted by molar-refractivity contribution is -0.384. The van der Waals surface area contributed by atoms with E-state index in [-0.39, 0.29) is 21.3 Å². The standard InChI is InChI=1S/C8H6Cl2N4O3/c9-5-1-2-6(14(16)17)7(10)4(5)3-12-13-8(11)15/h1-3H,(H3,11,13,15). The predicted octanol–water partition coefficient (Wildman–Crippen LogP) is 1.90. The molecule has 2 amide bonds. The third-order valence-corrected chi connectivity index (χ3v) is 2.40. The fraction of sp³-hybridized carbons (Fsp3) is 0. The van der Waals surface area contributed by atoms with Gasteiger partial charge in [0.15, 0.2) is 0 Å². The number of benzene rings is 1. The maximum Gasteiger partial charge on any atom is 0.332 e. The van der Waals surface area contributed by atoms with E-state index >= 15 is 0 Å². The van der Waals surface area contributed by atoms with Crippen molar-refractivity contribution in [1.29, 1.82) is 0 Å². The maximum absolute atomic E-state index is 10.6. The molecule has 90 valence electrons. The first-order chi connectivity index (χ1) is 7.93. The van der Waals surface area contributed by atoms with E-state index in [1.54, 1.807) is 0 Å². The van der Waals surface area contributed by atoms with Gasteiger partial charge < -0.3 is 5.73 Å². The molecular weight excluding hydrogens is 271 g/mol. The number of urea groups is 1. The van der Waals surface area contributed by atoms with E-state index in [1.807, 2.05) is 5.43 Å². The predicted molar refractivity (Wildman–Crippen MR) is 63.4 cm³/mol. The highest BCUT2D eigenvalue weighted by atomic mass is 35.5. The van der Waals surface area contributed by atoms with Gasteiger partial charge in [-0.05, 0) is 6.07 Å². The Morgan fingerprint density at radius 3 is 2.71 bits per heavy atom. The first-order valence-corrected chi connectivity index (χ1v) is 4.90. The van der Waals surface area contributed by atoms with E-state index in [0.717, 1.165) is 6.21 Å². The number of nitro groups is 1. The second kappa shape index (κ2) is 5.46. The monoisotopic (exact) mass is 276 g/mol. The molecule has 0 aliphatic carbocycles. The minimum atomic E-state index is -0.876. The Labute approximate surface area is 105 Å². The number of nitrogens with zero attached hydrogens (tertiary/aromatic N) is 2. The molecule has 0 saturated heterocycles. The molecule has 0 spiro atoms.